The molecular formula is C34H54N2O4. The van der Waals surface area contributed by atoms with Crippen LogP contribution in [0.25, 0.3) is 0 Å². The van der Waals surface area contributed by atoms with Crippen LogP contribution < -0.4 is 5.32 Å². The first kappa shape index (κ1) is 27.9. The second kappa shape index (κ2) is 10.3. The lowest BCUT2D eigenvalue weighted by Crippen LogP contribution is -2.53. The largest absolute Gasteiger partial charge is 0.379 e. The highest BCUT2D eigenvalue weighted by molar-refractivity contribution is 5.76. The smallest absolute Gasteiger partial charge is 0.221 e. The number of rotatable bonds is 4. The quantitative estimate of drug-likeness (QED) is 0.461. The van der Waals surface area contributed by atoms with Gasteiger partial charge in [-0.2, -0.15) is 0 Å². The molecule has 3 heterocycles. The van der Waals surface area contributed by atoms with E-state index in [0.29, 0.717) is 47.2 Å². The van der Waals surface area contributed by atoms with Gasteiger partial charge in [0, 0.05) is 44.4 Å². The summed E-state index contributed by atoms with van der Waals surface area (Å²) in [7, 11) is 0. The predicted octanol–water partition coefficient (Wildman–Crippen LogP) is 5.56. The van der Waals surface area contributed by atoms with Crippen molar-refractivity contribution in [3.05, 3.63) is 11.6 Å². The molecule has 7 aliphatic rings. The molecule has 224 valence electrons. The van der Waals surface area contributed by atoms with Crippen LogP contribution in [-0.4, -0.2) is 68.2 Å². The van der Waals surface area contributed by atoms with Crippen molar-refractivity contribution in [3.8, 4) is 0 Å². The number of hydrogen-bond donors (Lipinski definition) is 1. The van der Waals surface area contributed by atoms with Crippen LogP contribution in [0.3, 0.4) is 0 Å². The maximum absolute atomic E-state index is 12.8. The van der Waals surface area contributed by atoms with Crippen LogP contribution in [0.2, 0.25) is 0 Å². The van der Waals surface area contributed by atoms with Crippen molar-refractivity contribution >= 4 is 5.91 Å². The lowest BCUT2D eigenvalue weighted by molar-refractivity contribution is -0.272. The van der Waals surface area contributed by atoms with E-state index >= 15 is 0 Å². The molecule has 6 heteroatoms. The molecule has 11 atom stereocenters. The number of fused-ring (bicyclic) bond motifs is 7. The molecule has 0 aromatic carbocycles. The molecule has 1 unspecified atom stereocenters. The molecule has 6 fully saturated rings. The van der Waals surface area contributed by atoms with Gasteiger partial charge in [-0.1, -0.05) is 39.3 Å². The highest BCUT2D eigenvalue weighted by Gasteiger charge is 2.68. The highest BCUT2D eigenvalue weighted by atomic mass is 16.7. The SMILES string of the molecule is C[C@@H]1CC[C@@]2(OC1)O[C@H]1C[C@H]3[C@@H]4CC=C5CC(NC(=O)CCN6CCOCC6)CC[C@]5(C)[C@H]4CC[C@]3(C)[C@H]1[C@@H]2C. The number of nitrogens with one attached hydrogen (secondary N) is 1. The summed E-state index contributed by atoms with van der Waals surface area (Å²) < 4.78 is 18.9. The van der Waals surface area contributed by atoms with E-state index in [9.17, 15) is 4.79 Å². The Labute approximate surface area is 242 Å². The highest BCUT2D eigenvalue weighted by Crippen LogP contribution is 2.70. The Balaban J connectivity index is 1.00. The van der Waals surface area contributed by atoms with Gasteiger partial charge in [0.25, 0.3) is 0 Å². The molecule has 0 aromatic rings. The second-order valence-corrected chi connectivity index (χ2v) is 15.5. The van der Waals surface area contributed by atoms with Gasteiger partial charge in [-0.15, -0.1) is 0 Å². The van der Waals surface area contributed by atoms with E-state index in [-0.39, 0.29) is 11.7 Å². The lowest BCUT2D eigenvalue weighted by Gasteiger charge is -2.58. The van der Waals surface area contributed by atoms with Crippen molar-refractivity contribution in [3.63, 3.8) is 0 Å². The summed E-state index contributed by atoms with van der Waals surface area (Å²) in [5.74, 6) is 4.00. The molecule has 1 spiro atoms. The molecule has 1 amide bonds. The number of carbonyl (C=O) groups is 1. The zero-order valence-electron chi connectivity index (χ0n) is 25.6. The summed E-state index contributed by atoms with van der Waals surface area (Å²) in [4.78, 5) is 15.2. The third-order valence-electron chi connectivity index (χ3n) is 13.5. The van der Waals surface area contributed by atoms with Crippen molar-refractivity contribution in [2.75, 3.05) is 39.5 Å². The molecule has 6 nitrogen and oxygen atoms in total. The third kappa shape index (κ3) is 4.45. The second-order valence-electron chi connectivity index (χ2n) is 15.5. The number of amides is 1. The molecule has 0 radical (unpaired) electrons. The Kier molecular flexibility index (Phi) is 7.21. The van der Waals surface area contributed by atoms with E-state index in [4.69, 9.17) is 14.2 Å². The van der Waals surface area contributed by atoms with Crippen LogP contribution in [0.4, 0.5) is 0 Å². The number of nitrogens with zero attached hydrogens (tertiary/aromatic N) is 1. The Bertz CT molecular complexity index is 1000. The molecular weight excluding hydrogens is 500 g/mol. The van der Waals surface area contributed by atoms with Crippen LogP contribution in [0.15, 0.2) is 11.6 Å². The van der Waals surface area contributed by atoms with Crippen LogP contribution >= 0.6 is 0 Å². The standard InChI is InChI=1S/C34H54N2O4/c1-22-7-13-34(39-21-22)23(2)31-29(40-34)20-28-26-6-5-24-19-25(35-30(37)10-14-36-15-17-38-18-16-36)8-11-32(24,3)27(26)9-12-33(28,31)4/h5,22-23,25-29,31H,6-21H2,1-4H3,(H,35,37)/t22-,23+,25?,26-,27+,28+,29+,31+,32+,33+,34-/m1/s1. The number of morpholine rings is 1. The van der Waals surface area contributed by atoms with Gasteiger partial charge in [0.05, 0.1) is 25.9 Å². The van der Waals surface area contributed by atoms with E-state index in [2.05, 4.69) is 44.0 Å². The first-order chi connectivity index (χ1) is 19.2. The fourth-order valence-corrected chi connectivity index (χ4v) is 11.2. The summed E-state index contributed by atoms with van der Waals surface area (Å²) in [6.45, 7) is 15.2. The predicted molar refractivity (Wildman–Crippen MR) is 156 cm³/mol. The van der Waals surface area contributed by atoms with Crippen LogP contribution in [-0.2, 0) is 19.0 Å². The summed E-state index contributed by atoms with van der Waals surface area (Å²) in [5, 5.41) is 3.42. The number of hydrogen-bond acceptors (Lipinski definition) is 5. The van der Waals surface area contributed by atoms with Crippen LogP contribution in [0, 0.1) is 46.3 Å². The first-order valence-electron chi connectivity index (χ1n) is 16.8. The topological polar surface area (TPSA) is 60.0 Å². The summed E-state index contributed by atoms with van der Waals surface area (Å²) in [6, 6.07) is 0.302. The average Bonchev–Trinajstić information content (AvgIpc) is 3.40. The molecule has 40 heavy (non-hydrogen) atoms. The summed E-state index contributed by atoms with van der Waals surface area (Å²) in [5.41, 5.74) is 2.32. The van der Waals surface area contributed by atoms with Crippen LogP contribution in [0.5, 0.6) is 0 Å². The fraction of sp³-hybridized carbons (Fsp3) is 0.912. The van der Waals surface area contributed by atoms with Crippen molar-refractivity contribution in [1.29, 1.82) is 0 Å². The van der Waals surface area contributed by atoms with Gasteiger partial charge in [-0.25, -0.2) is 0 Å². The summed E-state index contributed by atoms with van der Waals surface area (Å²) >= 11 is 0. The van der Waals surface area contributed by atoms with Gasteiger partial charge in [0.2, 0.25) is 5.91 Å². The van der Waals surface area contributed by atoms with E-state index in [1.165, 1.54) is 38.5 Å². The zero-order valence-corrected chi connectivity index (χ0v) is 25.6. The molecule has 1 N–H and O–H groups in total. The summed E-state index contributed by atoms with van der Waals surface area (Å²) in [6.07, 6.45) is 14.4. The number of ether oxygens (including phenoxy) is 3. The van der Waals surface area contributed by atoms with Crippen molar-refractivity contribution < 1.29 is 19.0 Å². The Morgan fingerprint density at radius 2 is 1.90 bits per heavy atom. The molecule has 3 saturated heterocycles. The van der Waals surface area contributed by atoms with Crippen molar-refractivity contribution in [1.82, 2.24) is 10.2 Å². The average molecular weight is 555 g/mol. The maximum atomic E-state index is 12.8. The monoisotopic (exact) mass is 554 g/mol. The van der Waals surface area contributed by atoms with Crippen molar-refractivity contribution in [2.24, 2.45) is 46.3 Å². The van der Waals surface area contributed by atoms with E-state index in [1.807, 2.05) is 0 Å². The Hall–Kier alpha value is -0.950. The molecule has 3 saturated carbocycles. The molecule has 7 rings (SSSR count). The fourth-order valence-electron chi connectivity index (χ4n) is 11.2. The minimum Gasteiger partial charge on any atom is -0.379 e. The molecule has 0 aromatic heterocycles. The van der Waals surface area contributed by atoms with Gasteiger partial charge >= 0.3 is 0 Å². The van der Waals surface area contributed by atoms with E-state index in [1.54, 1.807) is 5.57 Å². The van der Waals surface area contributed by atoms with Gasteiger partial charge in [-0.05, 0) is 91.8 Å². The van der Waals surface area contributed by atoms with Crippen molar-refractivity contribution in [2.45, 2.75) is 110 Å². The third-order valence-corrected chi connectivity index (χ3v) is 13.5. The van der Waals surface area contributed by atoms with Gasteiger partial charge in [-0.3, -0.25) is 9.69 Å². The number of allylic oxidation sites excluding steroid dienone is 1. The molecule has 4 aliphatic carbocycles. The normalized spacial score (nSPS) is 50.5. The van der Waals surface area contributed by atoms with Gasteiger partial charge < -0.3 is 19.5 Å². The zero-order chi connectivity index (χ0) is 27.7. The first-order valence-corrected chi connectivity index (χ1v) is 16.8. The van der Waals surface area contributed by atoms with Crippen LogP contribution in [0.1, 0.15) is 91.9 Å². The Morgan fingerprint density at radius 1 is 1.07 bits per heavy atom. The lowest BCUT2D eigenvalue weighted by atomic mass is 9.46. The minimum absolute atomic E-state index is 0.226. The van der Waals surface area contributed by atoms with Gasteiger partial charge in [0.15, 0.2) is 5.79 Å². The Morgan fingerprint density at radius 3 is 2.67 bits per heavy atom. The maximum Gasteiger partial charge on any atom is 0.221 e. The van der Waals surface area contributed by atoms with E-state index < -0.39 is 0 Å². The minimum atomic E-state index is -0.316. The van der Waals surface area contributed by atoms with Gasteiger partial charge in [0.1, 0.15) is 0 Å². The van der Waals surface area contributed by atoms with E-state index in [0.717, 1.165) is 76.5 Å². The molecule has 0 bridgehead atoms. The molecule has 3 aliphatic heterocycles. The number of carbonyl (C=O) groups excluding carboxylic acids is 1.